The van der Waals surface area contributed by atoms with Crippen molar-refractivity contribution in [3.63, 3.8) is 0 Å². The molecule has 0 aliphatic carbocycles. The van der Waals surface area contributed by atoms with Crippen LogP contribution in [0.4, 0.5) is 6.01 Å². The van der Waals surface area contributed by atoms with E-state index in [1.54, 1.807) is 6.20 Å². The van der Waals surface area contributed by atoms with E-state index in [9.17, 15) is 0 Å². The molecular formula is C8H10ClN5O. The van der Waals surface area contributed by atoms with E-state index in [1.165, 1.54) is 0 Å². The van der Waals surface area contributed by atoms with Crippen LogP contribution in [0.5, 0.6) is 0 Å². The number of alkyl halides is 1. The van der Waals surface area contributed by atoms with E-state index in [0.29, 0.717) is 18.5 Å². The van der Waals surface area contributed by atoms with Gasteiger partial charge in [0.1, 0.15) is 11.7 Å². The molecule has 2 rings (SSSR count). The standard InChI is InChI=1S/C8H10ClN5O/c1-14-3-2-10-6(14)5-11-8-13-12-7(4-9)15-8/h2-3H,4-5H2,1H3,(H,11,13). The number of anilines is 1. The molecule has 0 aromatic carbocycles. The SMILES string of the molecule is Cn1ccnc1CNc1nnc(CCl)o1. The lowest BCUT2D eigenvalue weighted by Gasteiger charge is -2.00. The molecule has 0 unspecified atom stereocenters. The highest BCUT2D eigenvalue weighted by atomic mass is 35.5. The van der Waals surface area contributed by atoms with Crippen molar-refractivity contribution in [2.45, 2.75) is 12.4 Å². The number of hydrogen-bond acceptors (Lipinski definition) is 5. The Morgan fingerprint density at radius 3 is 3.00 bits per heavy atom. The van der Waals surface area contributed by atoms with E-state index in [1.807, 2.05) is 17.8 Å². The Kier molecular flexibility index (Phi) is 2.86. The molecule has 0 bridgehead atoms. The molecule has 2 heterocycles. The van der Waals surface area contributed by atoms with Gasteiger partial charge in [-0.15, -0.1) is 16.7 Å². The minimum atomic E-state index is 0.219. The Morgan fingerprint density at radius 1 is 1.53 bits per heavy atom. The summed E-state index contributed by atoms with van der Waals surface area (Å²) in [4.78, 5) is 4.14. The minimum absolute atomic E-state index is 0.219. The predicted molar refractivity (Wildman–Crippen MR) is 54.4 cm³/mol. The quantitative estimate of drug-likeness (QED) is 0.794. The number of aryl methyl sites for hydroxylation is 1. The zero-order valence-corrected chi connectivity index (χ0v) is 8.90. The molecule has 0 saturated carbocycles. The summed E-state index contributed by atoms with van der Waals surface area (Å²) < 4.78 is 7.08. The molecule has 2 aromatic rings. The van der Waals surface area contributed by atoms with Gasteiger partial charge in [0.25, 0.3) is 0 Å². The summed E-state index contributed by atoms with van der Waals surface area (Å²) in [5.41, 5.74) is 0. The van der Waals surface area contributed by atoms with E-state index in [2.05, 4.69) is 20.5 Å². The summed E-state index contributed by atoms with van der Waals surface area (Å²) in [5, 5.41) is 10.4. The molecule has 0 saturated heterocycles. The summed E-state index contributed by atoms with van der Waals surface area (Å²) in [5.74, 6) is 1.51. The number of hydrogen-bond donors (Lipinski definition) is 1. The van der Waals surface area contributed by atoms with Crippen LogP contribution in [0.25, 0.3) is 0 Å². The van der Waals surface area contributed by atoms with Crippen LogP contribution in [0.15, 0.2) is 16.8 Å². The number of imidazole rings is 1. The van der Waals surface area contributed by atoms with E-state index < -0.39 is 0 Å². The molecule has 6 nitrogen and oxygen atoms in total. The van der Waals surface area contributed by atoms with E-state index >= 15 is 0 Å². The largest absolute Gasteiger partial charge is 0.407 e. The zero-order chi connectivity index (χ0) is 10.7. The number of rotatable bonds is 4. The van der Waals surface area contributed by atoms with Crippen molar-refractivity contribution in [2.24, 2.45) is 7.05 Å². The fraction of sp³-hybridized carbons (Fsp3) is 0.375. The van der Waals surface area contributed by atoms with Crippen molar-refractivity contribution >= 4 is 17.6 Å². The third kappa shape index (κ3) is 2.27. The summed E-state index contributed by atoms with van der Waals surface area (Å²) in [7, 11) is 1.92. The molecule has 0 atom stereocenters. The normalized spacial score (nSPS) is 10.5. The maximum Gasteiger partial charge on any atom is 0.315 e. The van der Waals surface area contributed by atoms with E-state index in [4.69, 9.17) is 16.0 Å². The molecule has 2 aromatic heterocycles. The summed E-state index contributed by atoms with van der Waals surface area (Å²) in [6, 6.07) is 0.355. The molecule has 0 spiro atoms. The lowest BCUT2D eigenvalue weighted by molar-refractivity contribution is 0.524. The van der Waals surface area contributed by atoms with Crippen molar-refractivity contribution in [3.05, 3.63) is 24.1 Å². The summed E-state index contributed by atoms with van der Waals surface area (Å²) in [6.45, 7) is 0.535. The third-order valence-corrected chi connectivity index (χ3v) is 2.13. The van der Waals surface area contributed by atoms with Crippen LogP contribution in [0, 0.1) is 0 Å². The Bertz CT molecular complexity index is 438. The van der Waals surface area contributed by atoms with Crippen molar-refractivity contribution in [3.8, 4) is 0 Å². The summed E-state index contributed by atoms with van der Waals surface area (Å²) >= 11 is 5.52. The smallest absolute Gasteiger partial charge is 0.315 e. The minimum Gasteiger partial charge on any atom is -0.407 e. The molecule has 1 N–H and O–H groups in total. The lowest BCUT2D eigenvalue weighted by Crippen LogP contribution is -2.05. The van der Waals surface area contributed by atoms with Crippen molar-refractivity contribution in [1.29, 1.82) is 0 Å². The van der Waals surface area contributed by atoms with Gasteiger partial charge < -0.3 is 14.3 Å². The van der Waals surface area contributed by atoms with Crippen molar-refractivity contribution in [2.75, 3.05) is 5.32 Å². The van der Waals surface area contributed by atoms with Crippen LogP contribution in [0.3, 0.4) is 0 Å². The van der Waals surface area contributed by atoms with Gasteiger partial charge in [-0.2, -0.15) is 0 Å². The number of aromatic nitrogens is 4. The van der Waals surface area contributed by atoms with Gasteiger partial charge in [0.15, 0.2) is 0 Å². The Labute approximate surface area is 91.3 Å². The van der Waals surface area contributed by atoms with Gasteiger partial charge in [0.05, 0.1) is 6.54 Å². The molecule has 0 radical (unpaired) electrons. The molecule has 0 amide bonds. The first kappa shape index (κ1) is 9.97. The zero-order valence-electron chi connectivity index (χ0n) is 8.14. The fourth-order valence-corrected chi connectivity index (χ4v) is 1.21. The third-order valence-electron chi connectivity index (χ3n) is 1.90. The predicted octanol–water partition coefficient (Wildman–Crippen LogP) is 1.15. The average molecular weight is 228 g/mol. The van der Waals surface area contributed by atoms with Gasteiger partial charge in [-0.25, -0.2) is 4.98 Å². The van der Waals surface area contributed by atoms with Crippen LogP contribution in [0.1, 0.15) is 11.7 Å². The van der Waals surface area contributed by atoms with Crippen LogP contribution in [-0.4, -0.2) is 19.7 Å². The number of halogens is 1. The van der Waals surface area contributed by atoms with Gasteiger partial charge in [-0.05, 0) is 0 Å². The van der Waals surface area contributed by atoms with Crippen LogP contribution < -0.4 is 5.32 Å². The molecule has 15 heavy (non-hydrogen) atoms. The van der Waals surface area contributed by atoms with Crippen molar-refractivity contribution in [1.82, 2.24) is 19.7 Å². The van der Waals surface area contributed by atoms with Crippen molar-refractivity contribution < 1.29 is 4.42 Å². The van der Waals surface area contributed by atoms with E-state index in [-0.39, 0.29) is 5.88 Å². The Balaban J connectivity index is 1.96. The first-order chi connectivity index (χ1) is 7.29. The molecular weight excluding hydrogens is 218 g/mol. The average Bonchev–Trinajstić information content (AvgIpc) is 2.84. The maximum absolute atomic E-state index is 5.52. The second-order valence-corrected chi connectivity index (χ2v) is 3.21. The van der Waals surface area contributed by atoms with Gasteiger partial charge in [0.2, 0.25) is 5.89 Å². The highest BCUT2D eigenvalue weighted by Crippen LogP contribution is 2.08. The molecule has 7 heteroatoms. The lowest BCUT2D eigenvalue weighted by atomic mass is 10.6. The van der Waals surface area contributed by atoms with Crippen LogP contribution >= 0.6 is 11.6 Å². The van der Waals surface area contributed by atoms with Gasteiger partial charge >= 0.3 is 6.01 Å². The van der Waals surface area contributed by atoms with Crippen LogP contribution in [-0.2, 0) is 19.5 Å². The maximum atomic E-state index is 5.52. The van der Waals surface area contributed by atoms with E-state index in [0.717, 1.165) is 5.82 Å². The van der Waals surface area contributed by atoms with Gasteiger partial charge in [-0.3, -0.25) is 0 Å². The highest BCUT2D eigenvalue weighted by molar-refractivity contribution is 6.16. The topological polar surface area (TPSA) is 68.8 Å². The highest BCUT2D eigenvalue weighted by Gasteiger charge is 2.05. The molecule has 80 valence electrons. The fourth-order valence-electron chi connectivity index (χ4n) is 1.10. The van der Waals surface area contributed by atoms with Crippen LogP contribution in [0.2, 0.25) is 0 Å². The molecule has 0 aliphatic rings. The molecule has 0 fully saturated rings. The summed E-state index contributed by atoms with van der Waals surface area (Å²) in [6.07, 6.45) is 3.60. The molecule has 0 aliphatic heterocycles. The van der Waals surface area contributed by atoms with Gasteiger partial charge in [-0.1, -0.05) is 5.10 Å². The first-order valence-corrected chi connectivity index (χ1v) is 4.91. The second kappa shape index (κ2) is 4.31. The Hall–Kier alpha value is -1.56. The Morgan fingerprint density at radius 2 is 2.40 bits per heavy atom. The number of nitrogens with one attached hydrogen (secondary N) is 1. The first-order valence-electron chi connectivity index (χ1n) is 4.38. The monoisotopic (exact) mass is 227 g/mol. The number of nitrogens with zero attached hydrogens (tertiary/aromatic N) is 4. The second-order valence-electron chi connectivity index (χ2n) is 2.94. The van der Waals surface area contributed by atoms with Gasteiger partial charge in [0, 0.05) is 19.4 Å².